The van der Waals surface area contributed by atoms with Gasteiger partial charge >= 0.3 is 5.69 Å². The Morgan fingerprint density at radius 1 is 1.17 bits per heavy atom. The van der Waals surface area contributed by atoms with Crippen molar-refractivity contribution in [3.8, 4) is 0 Å². The second-order valence-corrected chi connectivity index (χ2v) is 4.88. The zero-order valence-electron chi connectivity index (χ0n) is 12.8. The van der Waals surface area contributed by atoms with E-state index in [0.29, 0.717) is 11.4 Å². The van der Waals surface area contributed by atoms with Gasteiger partial charge in [-0.05, 0) is 31.2 Å². The number of amides is 2. The minimum absolute atomic E-state index is 0.126. The molecule has 1 aromatic carbocycles. The first-order valence-electron chi connectivity index (χ1n) is 6.66. The Morgan fingerprint density at radius 3 is 2.17 bits per heavy atom. The molecule has 9 nitrogen and oxygen atoms in total. The first-order chi connectivity index (χ1) is 10.8. The molecule has 23 heavy (non-hydrogen) atoms. The number of benzene rings is 1. The molecule has 0 saturated heterocycles. The Labute approximate surface area is 131 Å². The molecule has 0 aliphatic rings. The molecular formula is C14H15N5O4. The summed E-state index contributed by atoms with van der Waals surface area (Å²) in [6.45, 7) is 2.86. The minimum Gasteiger partial charge on any atom is -0.326 e. The van der Waals surface area contributed by atoms with Crippen molar-refractivity contribution in [1.29, 1.82) is 0 Å². The summed E-state index contributed by atoms with van der Waals surface area (Å²) in [5.74, 6) is -0.838. The molecule has 0 atom stereocenters. The second kappa shape index (κ2) is 6.26. The number of anilines is 2. The minimum atomic E-state index is -0.632. The van der Waals surface area contributed by atoms with Gasteiger partial charge in [0, 0.05) is 25.3 Å². The summed E-state index contributed by atoms with van der Waals surface area (Å²) >= 11 is 0. The highest BCUT2D eigenvalue weighted by Crippen LogP contribution is 2.23. The third kappa shape index (κ3) is 3.51. The maximum Gasteiger partial charge on any atom is 0.322 e. The van der Waals surface area contributed by atoms with Gasteiger partial charge in [-0.3, -0.25) is 24.4 Å². The first-order valence-corrected chi connectivity index (χ1v) is 6.66. The Bertz CT molecular complexity index is 779. The summed E-state index contributed by atoms with van der Waals surface area (Å²) in [7, 11) is 1.47. The fraction of sp³-hybridized carbons (Fsp3) is 0.214. The largest absolute Gasteiger partial charge is 0.326 e. The fourth-order valence-corrected chi connectivity index (χ4v) is 2.15. The maximum absolute atomic E-state index is 12.3. The summed E-state index contributed by atoms with van der Waals surface area (Å²) in [6, 6.07) is 6.39. The molecule has 2 aromatic rings. The van der Waals surface area contributed by atoms with E-state index in [-0.39, 0.29) is 23.0 Å². The number of nitrogens with one attached hydrogen (secondary N) is 2. The molecule has 1 aromatic heterocycles. The molecule has 0 bridgehead atoms. The standard InChI is InChI=1S/C14H15N5O4/c1-8-12(19(22)23)13(18(3)17-8)14(21)16-11-6-4-10(5-7-11)15-9(2)20/h4-7H,1-3H3,(H,15,20)(H,16,21). The smallest absolute Gasteiger partial charge is 0.322 e. The summed E-state index contributed by atoms with van der Waals surface area (Å²) in [5.41, 5.74) is 0.747. The number of hydrogen-bond acceptors (Lipinski definition) is 5. The third-order valence-corrected chi connectivity index (χ3v) is 3.05. The lowest BCUT2D eigenvalue weighted by atomic mass is 10.2. The van der Waals surface area contributed by atoms with Crippen molar-refractivity contribution in [3.05, 3.63) is 45.8 Å². The van der Waals surface area contributed by atoms with Crippen LogP contribution in [0.25, 0.3) is 0 Å². The van der Waals surface area contributed by atoms with Gasteiger partial charge in [0.15, 0.2) is 0 Å². The quantitative estimate of drug-likeness (QED) is 0.658. The van der Waals surface area contributed by atoms with Gasteiger partial charge in [-0.1, -0.05) is 0 Å². The van der Waals surface area contributed by atoms with Crippen molar-refractivity contribution in [2.45, 2.75) is 13.8 Å². The van der Waals surface area contributed by atoms with Crippen LogP contribution in [-0.4, -0.2) is 26.5 Å². The number of carbonyl (C=O) groups is 2. The number of hydrogen-bond donors (Lipinski definition) is 2. The molecule has 0 fully saturated rings. The number of aromatic nitrogens is 2. The van der Waals surface area contributed by atoms with Crippen LogP contribution in [0.3, 0.4) is 0 Å². The third-order valence-electron chi connectivity index (χ3n) is 3.05. The average molecular weight is 317 g/mol. The van der Waals surface area contributed by atoms with Crippen molar-refractivity contribution in [2.75, 3.05) is 10.6 Å². The molecule has 0 saturated carbocycles. The van der Waals surface area contributed by atoms with E-state index in [1.165, 1.54) is 25.6 Å². The van der Waals surface area contributed by atoms with Gasteiger partial charge < -0.3 is 10.6 Å². The summed E-state index contributed by atoms with van der Waals surface area (Å²) < 4.78 is 1.18. The van der Waals surface area contributed by atoms with Crippen LogP contribution in [-0.2, 0) is 11.8 Å². The molecule has 2 amide bonds. The molecule has 0 radical (unpaired) electrons. The predicted octanol–water partition coefficient (Wildman–Crippen LogP) is 1.85. The zero-order chi connectivity index (χ0) is 17.1. The first kappa shape index (κ1) is 16.1. The van der Waals surface area contributed by atoms with Crippen LogP contribution >= 0.6 is 0 Å². The Balaban J connectivity index is 2.23. The Kier molecular flexibility index (Phi) is 4.39. The van der Waals surface area contributed by atoms with E-state index in [1.54, 1.807) is 24.3 Å². The lowest BCUT2D eigenvalue weighted by Gasteiger charge is -2.07. The van der Waals surface area contributed by atoms with Crippen molar-refractivity contribution < 1.29 is 14.5 Å². The molecule has 0 spiro atoms. The van der Waals surface area contributed by atoms with Crippen LogP contribution in [0.4, 0.5) is 17.1 Å². The van der Waals surface area contributed by atoms with Crippen LogP contribution in [0.1, 0.15) is 23.1 Å². The summed E-state index contributed by atoms with van der Waals surface area (Å²) in [4.78, 5) is 33.7. The Hall–Kier alpha value is -3.23. The van der Waals surface area contributed by atoms with Crippen molar-refractivity contribution >= 4 is 28.9 Å². The van der Waals surface area contributed by atoms with Gasteiger partial charge in [0.2, 0.25) is 11.6 Å². The second-order valence-electron chi connectivity index (χ2n) is 4.88. The van der Waals surface area contributed by atoms with Crippen molar-refractivity contribution in [3.63, 3.8) is 0 Å². The average Bonchev–Trinajstić information content (AvgIpc) is 2.75. The molecule has 2 rings (SSSR count). The van der Waals surface area contributed by atoms with Crippen LogP contribution in [0, 0.1) is 17.0 Å². The van der Waals surface area contributed by atoms with Crippen LogP contribution in [0.5, 0.6) is 0 Å². The van der Waals surface area contributed by atoms with E-state index in [9.17, 15) is 19.7 Å². The predicted molar refractivity (Wildman–Crippen MR) is 83.3 cm³/mol. The van der Waals surface area contributed by atoms with Gasteiger partial charge in [-0.25, -0.2) is 0 Å². The van der Waals surface area contributed by atoms with Gasteiger partial charge in [-0.15, -0.1) is 0 Å². The van der Waals surface area contributed by atoms with E-state index in [2.05, 4.69) is 15.7 Å². The lowest BCUT2D eigenvalue weighted by molar-refractivity contribution is -0.385. The molecule has 0 aliphatic heterocycles. The number of aryl methyl sites for hydroxylation is 2. The van der Waals surface area contributed by atoms with Gasteiger partial charge in [0.25, 0.3) is 5.91 Å². The highest BCUT2D eigenvalue weighted by atomic mass is 16.6. The van der Waals surface area contributed by atoms with E-state index in [0.717, 1.165) is 0 Å². The van der Waals surface area contributed by atoms with Crippen LogP contribution < -0.4 is 10.6 Å². The molecule has 2 N–H and O–H groups in total. The molecule has 1 heterocycles. The number of nitro groups is 1. The molecule has 0 aliphatic carbocycles. The monoisotopic (exact) mass is 317 g/mol. The topological polar surface area (TPSA) is 119 Å². The van der Waals surface area contributed by atoms with Crippen molar-refractivity contribution in [2.24, 2.45) is 7.05 Å². The zero-order valence-corrected chi connectivity index (χ0v) is 12.8. The molecule has 120 valence electrons. The highest BCUT2D eigenvalue weighted by Gasteiger charge is 2.29. The van der Waals surface area contributed by atoms with E-state index >= 15 is 0 Å². The normalized spacial score (nSPS) is 10.2. The summed E-state index contributed by atoms with van der Waals surface area (Å²) in [6.07, 6.45) is 0. The van der Waals surface area contributed by atoms with E-state index in [1.807, 2.05) is 0 Å². The highest BCUT2D eigenvalue weighted by molar-refractivity contribution is 6.06. The fourth-order valence-electron chi connectivity index (χ4n) is 2.15. The molecule has 9 heteroatoms. The summed E-state index contributed by atoms with van der Waals surface area (Å²) in [5, 5.41) is 20.2. The molecular weight excluding hydrogens is 302 g/mol. The van der Waals surface area contributed by atoms with E-state index in [4.69, 9.17) is 0 Å². The number of rotatable bonds is 4. The van der Waals surface area contributed by atoms with Gasteiger partial charge in [-0.2, -0.15) is 5.10 Å². The van der Waals surface area contributed by atoms with Crippen LogP contribution in [0.15, 0.2) is 24.3 Å². The van der Waals surface area contributed by atoms with E-state index < -0.39 is 10.8 Å². The van der Waals surface area contributed by atoms with Gasteiger partial charge in [0.05, 0.1) is 4.92 Å². The maximum atomic E-state index is 12.3. The van der Waals surface area contributed by atoms with Gasteiger partial charge in [0.1, 0.15) is 5.69 Å². The number of carbonyl (C=O) groups excluding carboxylic acids is 2. The van der Waals surface area contributed by atoms with Crippen LogP contribution in [0.2, 0.25) is 0 Å². The Morgan fingerprint density at radius 2 is 1.70 bits per heavy atom. The number of nitrogens with zero attached hydrogens (tertiary/aromatic N) is 3. The lowest BCUT2D eigenvalue weighted by Crippen LogP contribution is -2.17. The van der Waals surface area contributed by atoms with Crippen molar-refractivity contribution in [1.82, 2.24) is 9.78 Å². The molecule has 0 unspecified atom stereocenters. The SMILES string of the molecule is CC(=O)Nc1ccc(NC(=O)c2c([N+](=O)[O-])c(C)nn2C)cc1.